The second kappa shape index (κ2) is 8.36. The zero-order valence-electron chi connectivity index (χ0n) is 15.7. The van der Waals surface area contributed by atoms with Gasteiger partial charge in [0, 0.05) is 28.5 Å². The number of carbonyl (C=O) groups excluding carboxylic acids is 2. The van der Waals surface area contributed by atoms with E-state index in [1.807, 2.05) is 0 Å². The molecule has 0 atom stereocenters. The number of halogens is 1. The number of nitrogens with zero attached hydrogens (tertiary/aromatic N) is 2. The Morgan fingerprint density at radius 2 is 1.50 bits per heavy atom. The minimum Gasteiger partial charge on any atom is -0.423 e. The quantitative estimate of drug-likeness (QED) is 0.282. The van der Waals surface area contributed by atoms with Crippen LogP contribution in [0.2, 0.25) is 0 Å². The Morgan fingerprint density at radius 3 is 2.18 bits per heavy atom. The van der Waals surface area contributed by atoms with E-state index < -0.39 is 11.9 Å². The topological polar surface area (TPSA) is 78.4 Å². The van der Waals surface area contributed by atoms with Crippen LogP contribution < -0.4 is 9.47 Å². The molecule has 0 fully saturated rings. The van der Waals surface area contributed by atoms with E-state index in [-0.39, 0.29) is 11.5 Å². The number of aromatic nitrogens is 2. The molecular formula is C20H17IN2O4S. The largest absolute Gasteiger partial charge is 0.423 e. The Bertz CT molecular complexity index is 1080. The van der Waals surface area contributed by atoms with E-state index in [0.717, 1.165) is 19.7 Å². The van der Waals surface area contributed by atoms with Gasteiger partial charge >= 0.3 is 11.9 Å². The maximum atomic E-state index is 11.4. The van der Waals surface area contributed by atoms with Crippen molar-refractivity contribution < 1.29 is 19.1 Å². The summed E-state index contributed by atoms with van der Waals surface area (Å²) in [5.41, 5.74) is 4.17. The predicted octanol–water partition coefficient (Wildman–Crippen LogP) is 4.94. The average molecular weight is 508 g/mol. The molecule has 8 heteroatoms. The monoisotopic (exact) mass is 508 g/mol. The van der Waals surface area contributed by atoms with Gasteiger partial charge in [-0.05, 0) is 77.9 Å². The zero-order chi connectivity index (χ0) is 20.4. The first kappa shape index (κ1) is 20.4. The first-order chi connectivity index (χ1) is 13.2. The van der Waals surface area contributed by atoms with Crippen molar-refractivity contribution in [3.8, 4) is 32.6 Å². The Balaban J connectivity index is 2.00. The summed E-state index contributed by atoms with van der Waals surface area (Å²) in [7, 11) is 0. The van der Waals surface area contributed by atoms with Gasteiger partial charge in [-0.25, -0.2) is 0 Å². The van der Waals surface area contributed by atoms with Crippen LogP contribution in [-0.4, -0.2) is 22.1 Å². The number of hydrogen-bond acceptors (Lipinski definition) is 7. The number of carbonyl (C=O) groups is 2. The van der Waals surface area contributed by atoms with Gasteiger partial charge < -0.3 is 9.47 Å². The molecule has 0 bridgehead atoms. The zero-order valence-corrected chi connectivity index (χ0v) is 18.7. The van der Waals surface area contributed by atoms with Gasteiger partial charge in [-0.15, -0.1) is 10.2 Å². The standard InChI is InChI=1S/C20H17IN2O4S/c1-10-7-15(16(21)8-11(10)2)20-23-22-19(28-20)14-5-6-17(26-12(3)24)18(9-14)27-13(4)25/h5-9H,1-4H3. The van der Waals surface area contributed by atoms with Gasteiger partial charge in [-0.1, -0.05) is 11.3 Å². The Labute approximate surface area is 180 Å². The van der Waals surface area contributed by atoms with E-state index in [1.165, 1.54) is 36.3 Å². The van der Waals surface area contributed by atoms with Gasteiger partial charge in [-0.3, -0.25) is 9.59 Å². The van der Waals surface area contributed by atoms with E-state index in [2.05, 4.69) is 58.8 Å². The molecule has 0 amide bonds. The molecule has 0 aliphatic carbocycles. The van der Waals surface area contributed by atoms with Crippen LogP contribution in [-0.2, 0) is 9.59 Å². The molecular weight excluding hydrogens is 491 g/mol. The van der Waals surface area contributed by atoms with Crippen molar-refractivity contribution in [2.45, 2.75) is 27.7 Å². The lowest BCUT2D eigenvalue weighted by Gasteiger charge is -2.09. The fraction of sp³-hybridized carbons (Fsp3) is 0.200. The minimum atomic E-state index is -0.506. The molecule has 3 aromatic rings. The second-order valence-corrected chi connectivity index (χ2v) is 8.32. The summed E-state index contributed by atoms with van der Waals surface area (Å²) >= 11 is 3.74. The van der Waals surface area contributed by atoms with Crippen molar-refractivity contribution in [1.29, 1.82) is 0 Å². The van der Waals surface area contributed by atoms with Gasteiger partial charge in [0.2, 0.25) is 0 Å². The fourth-order valence-electron chi connectivity index (χ4n) is 2.51. The molecule has 0 aliphatic rings. The molecule has 0 N–H and O–H groups in total. The maximum Gasteiger partial charge on any atom is 0.308 e. The van der Waals surface area contributed by atoms with Crippen LogP contribution in [0.1, 0.15) is 25.0 Å². The summed E-state index contributed by atoms with van der Waals surface area (Å²) in [6, 6.07) is 9.18. The smallest absolute Gasteiger partial charge is 0.308 e. The molecule has 0 radical (unpaired) electrons. The van der Waals surface area contributed by atoms with Crippen molar-refractivity contribution in [2.24, 2.45) is 0 Å². The SMILES string of the molecule is CC(=O)Oc1ccc(-c2nnc(-c3cc(C)c(C)cc3I)s2)cc1OC(C)=O. The number of aryl methyl sites for hydroxylation is 2. The van der Waals surface area contributed by atoms with Crippen LogP contribution in [0.15, 0.2) is 30.3 Å². The van der Waals surface area contributed by atoms with Crippen molar-refractivity contribution in [3.05, 3.63) is 45.0 Å². The third-order valence-electron chi connectivity index (χ3n) is 3.94. The average Bonchev–Trinajstić information content (AvgIpc) is 3.08. The molecule has 0 saturated heterocycles. The molecule has 0 saturated carbocycles. The number of rotatable bonds is 4. The van der Waals surface area contributed by atoms with Gasteiger partial charge in [-0.2, -0.15) is 0 Å². The molecule has 0 aliphatic heterocycles. The number of esters is 2. The molecule has 1 heterocycles. The van der Waals surface area contributed by atoms with E-state index in [0.29, 0.717) is 5.01 Å². The van der Waals surface area contributed by atoms with E-state index >= 15 is 0 Å². The van der Waals surface area contributed by atoms with Crippen molar-refractivity contribution in [3.63, 3.8) is 0 Å². The van der Waals surface area contributed by atoms with Crippen LogP contribution in [0, 0.1) is 17.4 Å². The lowest BCUT2D eigenvalue weighted by atomic mass is 10.1. The summed E-state index contributed by atoms with van der Waals surface area (Å²) in [4.78, 5) is 22.7. The second-order valence-electron chi connectivity index (χ2n) is 6.18. The summed E-state index contributed by atoms with van der Waals surface area (Å²) in [6.45, 7) is 6.71. The van der Waals surface area contributed by atoms with Crippen LogP contribution in [0.25, 0.3) is 21.1 Å². The third kappa shape index (κ3) is 4.56. The highest BCUT2D eigenvalue weighted by Crippen LogP contribution is 2.37. The van der Waals surface area contributed by atoms with E-state index in [1.54, 1.807) is 18.2 Å². The molecule has 0 unspecified atom stereocenters. The Hall–Kier alpha value is -2.33. The van der Waals surface area contributed by atoms with E-state index in [4.69, 9.17) is 9.47 Å². The van der Waals surface area contributed by atoms with Gasteiger partial charge in [0.1, 0.15) is 10.0 Å². The highest BCUT2D eigenvalue weighted by Gasteiger charge is 2.16. The minimum absolute atomic E-state index is 0.165. The molecule has 28 heavy (non-hydrogen) atoms. The lowest BCUT2D eigenvalue weighted by molar-refractivity contribution is -0.134. The number of benzene rings is 2. The Morgan fingerprint density at radius 1 is 0.893 bits per heavy atom. The van der Waals surface area contributed by atoms with Crippen LogP contribution in [0.4, 0.5) is 0 Å². The van der Waals surface area contributed by atoms with Crippen molar-refractivity contribution in [2.75, 3.05) is 0 Å². The third-order valence-corrected chi connectivity index (χ3v) is 5.83. The molecule has 0 spiro atoms. The highest BCUT2D eigenvalue weighted by molar-refractivity contribution is 14.1. The lowest BCUT2D eigenvalue weighted by Crippen LogP contribution is -2.07. The number of ether oxygens (including phenoxy) is 2. The van der Waals surface area contributed by atoms with Crippen LogP contribution >= 0.6 is 33.9 Å². The normalized spacial score (nSPS) is 10.6. The summed E-state index contributed by atoms with van der Waals surface area (Å²) in [6.07, 6.45) is 0. The molecule has 144 valence electrons. The number of hydrogen-bond donors (Lipinski definition) is 0. The molecule has 6 nitrogen and oxygen atoms in total. The van der Waals surface area contributed by atoms with Gasteiger partial charge in [0.25, 0.3) is 0 Å². The predicted molar refractivity (Wildman–Crippen MR) is 116 cm³/mol. The van der Waals surface area contributed by atoms with Gasteiger partial charge in [0.15, 0.2) is 11.5 Å². The summed E-state index contributed by atoms with van der Waals surface area (Å²) in [5, 5.41) is 10.1. The van der Waals surface area contributed by atoms with Gasteiger partial charge in [0.05, 0.1) is 0 Å². The van der Waals surface area contributed by atoms with Crippen LogP contribution in [0.3, 0.4) is 0 Å². The first-order valence-electron chi connectivity index (χ1n) is 8.36. The highest BCUT2D eigenvalue weighted by atomic mass is 127. The van der Waals surface area contributed by atoms with Crippen molar-refractivity contribution >= 4 is 45.9 Å². The first-order valence-corrected chi connectivity index (χ1v) is 10.3. The summed E-state index contributed by atoms with van der Waals surface area (Å²) < 4.78 is 11.4. The molecule has 3 rings (SSSR count). The Kier molecular flexibility index (Phi) is 6.09. The van der Waals surface area contributed by atoms with Crippen molar-refractivity contribution in [1.82, 2.24) is 10.2 Å². The molecule has 2 aromatic carbocycles. The fourth-order valence-corrected chi connectivity index (χ4v) is 4.44. The summed E-state index contributed by atoms with van der Waals surface area (Å²) in [5.74, 6) is -0.658. The van der Waals surface area contributed by atoms with Crippen LogP contribution in [0.5, 0.6) is 11.5 Å². The maximum absolute atomic E-state index is 11.4. The van der Waals surface area contributed by atoms with E-state index in [9.17, 15) is 9.59 Å². The molecule has 1 aromatic heterocycles.